The summed E-state index contributed by atoms with van der Waals surface area (Å²) in [6, 6.07) is 4.11. The monoisotopic (exact) mass is 334 g/mol. The van der Waals surface area contributed by atoms with E-state index in [2.05, 4.69) is 15.6 Å². The molecule has 2 aromatic rings. The van der Waals surface area contributed by atoms with Crippen molar-refractivity contribution in [3.8, 4) is 0 Å². The lowest BCUT2D eigenvalue weighted by molar-refractivity contribution is 0.187. The average Bonchev–Trinajstić information content (AvgIpc) is 3.13. The Bertz CT molecular complexity index is 818. The number of nitrogens with zero attached hydrogens (tertiary/aromatic N) is 4. The summed E-state index contributed by atoms with van der Waals surface area (Å²) in [5.41, 5.74) is 2.23. The van der Waals surface area contributed by atoms with Crippen LogP contribution in [-0.2, 0) is 23.7 Å². The number of hydrogen-bond acceptors (Lipinski definition) is 3. The molecule has 2 saturated heterocycles. The Morgan fingerprint density at radius 3 is 2.65 bits per heavy atom. The summed E-state index contributed by atoms with van der Waals surface area (Å²) in [4.78, 5) is 4.53. The summed E-state index contributed by atoms with van der Waals surface area (Å²) in [5, 5.41) is 1.19. The van der Waals surface area contributed by atoms with Gasteiger partial charge in [-0.05, 0) is 37.3 Å². The van der Waals surface area contributed by atoms with Crippen LogP contribution in [0.15, 0.2) is 24.5 Å². The lowest BCUT2D eigenvalue weighted by Crippen LogP contribution is -2.55. The number of aryl methyl sites for hydroxylation is 1. The van der Waals surface area contributed by atoms with Gasteiger partial charge in [-0.1, -0.05) is 0 Å². The lowest BCUT2D eigenvalue weighted by atomic mass is 9.96. The van der Waals surface area contributed by atoms with Gasteiger partial charge in [0.05, 0.1) is 11.2 Å². The van der Waals surface area contributed by atoms with E-state index in [-0.39, 0.29) is 0 Å². The van der Waals surface area contributed by atoms with Crippen LogP contribution in [0.2, 0.25) is 0 Å². The van der Waals surface area contributed by atoms with Crippen molar-refractivity contribution in [2.45, 2.75) is 19.3 Å². The quantitative estimate of drug-likeness (QED) is 0.849. The molecule has 0 N–H and O–H groups in total. The molecular weight excluding hydrogens is 312 g/mol. The topological polar surface area (TPSA) is 58.4 Å². The Labute approximate surface area is 136 Å². The van der Waals surface area contributed by atoms with Crippen LogP contribution < -0.4 is 0 Å². The van der Waals surface area contributed by atoms with Gasteiger partial charge in [-0.15, -0.1) is 0 Å². The molecule has 4 rings (SSSR count). The van der Waals surface area contributed by atoms with Crippen molar-refractivity contribution in [2.75, 3.05) is 26.2 Å². The van der Waals surface area contributed by atoms with Crippen molar-refractivity contribution in [3.63, 3.8) is 0 Å². The molecule has 7 heteroatoms. The molecule has 124 valence electrons. The number of pyridine rings is 1. The highest BCUT2D eigenvalue weighted by atomic mass is 32.2. The third-order valence-corrected chi connectivity index (χ3v) is 6.95. The molecule has 0 atom stereocenters. The van der Waals surface area contributed by atoms with Crippen molar-refractivity contribution >= 4 is 21.1 Å². The highest BCUT2D eigenvalue weighted by Gasteiger charge is 2.40. The van der Waals surface area contributed by atoms with E-state index in [4.69, 9.17) is 0 Å². The maximum absolute atomic E-state index is 12.5. The molecular formula is C16H22N4O2S. The van der Waals surface area contributed by atoms with Gasteiger partial charge in [0.1, 0.15) is 0 Å². The standard InChI is InChI=1S/C16H22N4O2S/c1-18-9-5-14-4-6-17-15(16(14)18)10-13-11-20(12-13)23(21,22)19-7-2-3-8-19/h4-6,9,13H,2-3,7-8,10-12H2,1H3. The van der Waals surface area contributed by atoms with Gasteiger partial charge in [0.15, 0.2) is 0 Å². The predicted molar refractivity (Wildman–Crippen MR) is 89.2 cm³/mol. The van der Waals surface area contributed by atoms with Crippen LogP contribution in [0.3, 0.4) is 0 Å². The summed E-state index contributed by atoms with van der Waals surface area (Å²) in [6.07, 6.45) is 6.68. The van der Waals surface area contributed by atoms with Crippen LogP contribution in [-0.4, -0.2) is 52.8 Å². The Balaban J connectivity index is 1.45. The first-order chi connectivity index (χ1) is 11.1. The van der Waals surface area contributed by atoms with Crippen LogP contribution in [0.5, 0.6) is 0 Å². The molecule has 0 aliphatic carbocycles. The molecule has 2 aromatic heterocycles. The fourth-order valence-corrected chi connectivity index (χ4v) is 5.51. The zero-order valence-corrected chi connectivity index (χ0v) is 14.2. The molecule has 2 aliphatic rings. The summed E-state index contributed by atoms with van der Waals surface area (Å²) in [5.74, 6) is 0.361. The zero-order valence-electron chi connectivity index (χ0n) is 13.4. The van der Waals surface area contributed by atoms with Gasteiger partial charge in [-0.2, -0.15) is 17.0 Å². The summed E-state index contributed by atoms with van der Waals surface area (Å²) in [6.45, 7) is 2.57. The third kappa shape index (κ3) is 2.56. The highest BCUT2D eigenvalue weighted by Crippen LogP contribution is 2.28. The molecule has 0 unspecified atom stereocenters. The van der Waals surface area contributed by atoms with Crippen molar-refractivity contribution < 1.29 is 8.42 Å². The number of fused-ring (bicyclic) bond motifs is 1. The first-order valence-corrected chi connectivity index (χ1v) is 9.59. The molecule has 2 aliphatic heterocycles. The van der Waals surface area contributed by atoms with Crippen LogP contribution in [0.25, 0.3) is 10.9 Å². The molecule has 0 bridgehead atoms. The van der Waals surface area contributed by atoms with Gasteiger partial charge in [0.25, 0.3) is 10.2 Å². The molecule has 0 radical (unpaired) electrons. The van der Waals surface area contributed by atoms with E-state index < -0.39 is 10.2 Å². The Morgan fingerprint density at radius 1 is 1.17 bits per heavy atom. The Kier molecular flexibility index (Phi) is 3.66. The van der Waals surface area contributed by atoms with E-state index in [9.17, 15) is 8.42 Å². The fourth-order valence-electron chi connectivity index (χ4n) is 3.67. The van der Waals surface area contributed by atoms with Crippen molar-refractivity contribution in [1.29, 1.82) is 0 Å². The number of aromatic nitrogens is 2. The fraction of sp³-hybridized carbons (Fsp3) is 0.562. The normalized spacial score (nSPS) is 21.1. The molecule has 0 saturated carbocycles. The molecule has 23 heavy (non-hydrogen) atoms. The first-order valence-electron chi connectivity index (χ1n) is 8.20. The molecule has 0 aromatic carbocycles. The zero-order chi connectivity index (χ0) is 16.0. The van der Waals surface area contributed by atoms with Crippen molar-refractivity contribution in [2.24, 2.45) is 13.0 Å². The van der Waals surface area contributed by atoms with Crippen LogP contribution >= 0.6 is 0 Å². The van der Waals surface area contributed by atoms with Gasteiger partial charge >= 0.3 is 0 Å². The van der Waals surface area contributed by atoms with Gasteiger partial charge in [0, 0.05) is 51.0 Å². The second-order valence-corrected chi connectivity index (χ2v) is 8.55. The van der Waals surface area contributed by atoms with E-state index in [1.54, 1.807) is 8.61 Å². The molecule has 0 spiro atoms. The van der Waals surface area contributed by atoms with Crippen molar-refractivity contribution in [1.82, 2.24) is 18.2 Å². The van der Waals surface area contributed by atoms with Gasteiger partial charge < -0.3 is 4.57 Å². The maximum atomic E-state index is 12.5. The molecule has 0 amide bonds. The Hall–Kier alpha value is -1.44. The van der Waals surface area contributed by atoms with Crippen LogP contribution in [0.1, 0.15) is 18.5 Å². The van der Waals surface area contributed by atoms with Crippen LogP contribution in [0.4, 0.5) is 0 Å². The molecule has 2 fully saturated rings. The van der Waals surface area contributed by atoms with Gasteiger partial charge in [-0.3, -0.25) is 4.98 Å². The van der Waals surface area contributed by atoms with E-state index >= 15 is 0 Å². The first kappa shape index (κ1) is 15.1. The maximum Gasteiger partial charge on any atom is 0.281 e. The van der Waals surface area contributed by atoms with E-state index in [0.717, 1.165) is 30.5 Å². The predicted octanol–water partition coefficient (Wildman–Crippen LogP) is 1.39. The average molecular weight is 334 g/mol. The minimum absolute atomic E-state index is 0.361. The summed E-state index contributed by atoms with van der Waals surface area (Å²) in [7, 11) is -1.20. The van der Waals surface area contributed by atoms with Crippen molar-refractivity contribution in [3.05, 3.63) is 30.2 Å². The van der Waals surface area contributed by atoms with Gasteiger partial charge in [0.2, 0.25) is 0 Å². The van der Waals surface area contributed by atoms with Gasteiger partial charge in [-0.25, -0.2) is 0 Å². The van der Waals surface area contributed by atoms with E-state index in [1.807, 2.05) is 25.5 Å². The second-order valence-electron chi connectivity index (χ2n) is 6.62. The van der Waals surface area contributed by atoms with Crippen LogP contribution in [0, 0.1) is 5.92 Å². The van der Waals surface area contributed by atoms with E-state index in [0.29, 0.717) is 32.1 Å². The molecule has 4 heterocycles. The minimum Gasteiger partial charge on any atom is -0.349 e. The number of hydrogen-bond donors (Lipinski definition) is 0. The highest BCUT2D eigenvalue weighted by molar-refractivity contribution is 7.86. The summed E-state index contributed by atoms with van der Waals surface area (Å²) < 4.78 is 30.3. The summed E-state index contributed by atoms with van der Waals surface area (Å²) >= 11 is 0. The van der Waals surface area contributed by atoms with E-state index in [1.165, 1.54) is 5.39 Å². The smallest absolute Gasteiger partial charge is 0.281 e. The third-order valence-electron chi connectivity index (χ3n) is 4.98. The SMILES string of the molecule is Cn1ccc2ccnc(CC3CN(S(=O)(=O)N4CCCC4)C3)c21. The minimum atomic E-state index is -3.23. The molecule has 6 nitrogen and oxygen atoms in total. The lowest BCUT2D eigenvalue weighted by Gasteiger charge is -2.40. The second kappa shape index (κ2) is 5.58. The Morgan fingerprint density at radius 2 is 1.91 bits per heavy atom. The number of rotatable bonds is 4. The largest absolute Gasteiger partial charge is 0.349 e.